The highest BCUT2D eigenvalue weighted by molar-refractivity contribution is 4.93. The van der Waals surface area contributed by atoms with Crippen LogP contribution in [0.5, 0.6) is 0 Å². The zero-order chi connectivity index (χ0) is 14.1. The maximum atomic E-state index is 3.75. The van der Waals surface area contributed by atoms with Crippen LogP contribution in [0.15, 0.2) is 0 Å². The van der Waals surface area contributed by atoms with E-state index in [0.29, 0.717) is 22.9 Å². The predicted octanol–water partition coefficient (Wildman–Crippen LogP) is 3.67. The van der Waals surface area contributed by atoms with Crippen molar-refractivity contribution in [2.24, 2.45) is 10.8 Å². The summed E-state index contributed by atoms with van der Waals surface area (Å²) in [4.78, 5) is 2.76. The van der Waals surface area contributed by atoms with E-state index in [-0.39, 0.29) is 0 Å². The molecule has 1 saturated carbocycles. The molecule has 1 N–H and O–H groups in total. The first-order valence-electron chi connectivity index (χ1n) is 8.28. The Morgan fingerprint density at radius 1 is 1.16 bits per heavy atom. The molecule has 0 radical (unpaired) electrons. The van der Waals surface area contributed by atoms with E-state index < -0.39 is 0 Å². The Balaban J connectivity index is 1.97. The lowest BCUT2D eigenvalue weighted by molar-refractivity contribution is 0.0422. The van der Waals surface area contributed by atoms with Crippen LogP contribution in [0.25, 0.3) is 0 Å². The van der Waals surface area contributed by atoms with Gasteiger partial charge in [0, 0.05) is 31.7 Å². The average molecular weight is 266 g/mol. The van der Waals surface area contributed by atoms with E-state index in [0.717, 1.165) is 6.54 Å². The Labute approximate surface area is 120 Å². The molecule has 2 rings (SSSR count). The summed E-state index contributed by atoms with van der Waals surface area (Å²) in [5.74, 6) is 0. The second-order valence-electron chi connectivity index (χ2n) is 8.48. The highest BCUT2D eigenvalue weighted by atomic mass is 15.2. The normalized spacial score (nSPS) is 33.3. The molecule has 0 bridgehead atoms. The van der Waals surface area contributed by atoms with Crippen LogP contribution in [0.3, 0.4) is 0 Å². The summed E-state index contributed by atoms with van der Waals surface area (Å²) in [6.07, 6.45) is 7.21. The predicted molar refractivity (Wildman–Crippen MR) is 83.5 cm³/mol. The number of rotatable bonds is 2. The average Bonchev–Trinajstić information content (AvgIpc) is 2.31. The third-order valence-electron chi connectivity index (χ3n) is 5.39. The fraction of sp³-hybridized carbons (Fsp3) is 1.00. The molecule has 0 aromatic heterocycles. The largest absolute Gasteiger partial charge is 0.311 e. The molecule has 0 aromatic rings. The zero-order valence-electron chi connectivity index (χ0n) is 13.8. The lowest BCUT2D eigenvalue weighted by Crippen LogP contribution is -2.61. The molecule has 2 nitrogen and oxygen atoms in total. The molecule has 2 atom stereocenters. The van der Waals surface area contributed by atoms with E-state index in [9.17, 15) is 0 Å². The van der Waals surface area contributed by atoms with E-state index >= 15 is 0 Å². The Kier molecular flexibility index (Phi) is 4.62. The fourth-order valence-electron chi connectivity index (χ4n) is 3.78. The van der Waals surface area contributed by atoms with Crippen molar-refractivity contribution in [2.45, 2.75) is 78.8 Å². The number of hydrogen-bond acceptors (Lipinski definition) is 2. The first-order valence-corrected chi connectivity index (χ1v) is 8.28. The van der Waals surface area contributed by atoms with Crippen LogP contribution in [0.1, 0.15) is 66.7 Å². The molecule has 1 aliphatic carbocycles. The fourth-order valence-corrected chi connectivity index (χ4v) is 3.78. The van der Waals surface area contributed by atoms with Crippen molar-refractivity contribution in [1.82, 2.24) is 10.2 Å². The highest BCUT2D eigenvalue weighted by Gasteiger charge is 2.36. The van der Waals surface area contributed by atoms with Gasteiger partial charge in [-0.1, -0.05) is 47.0 Å². The molecular weight excluding hydrogens is 232 g/mol. The number of hydrogen-bond donors (Lipinski definition) is 1. The number of nitrogens with zero attached hydrogens (tertiary/aromatic N) is 1. The molecule has 1 heterocycles. The van der Waals surface area contributed by atoms with Crippen LogP contribution in [0.2, 0.25) is 0 Å². The minimum Gasteiger partial charge on any atom is -0.311 e. The van der Waals surface area contributed by atoms with Crippen molar-refractivity contribution in [3.63, 3.8) is 0 Å². The third-order valence-corrected chi connectivity index (χ3v) is 5.39. The van der Waals surface area contributed by atoms with Crippen LogP contribution >= 0.6 is 0 Å². The molecule has 112 valence electrons. The van der Waals surface area contributed by atoms with E-state index in [1.165, 1.54) is 45.2 Å². The standard InChI is InChI=1S/C17H34N2/c1-14-11-18-15(16(2,3)4)12-19(14)13-17(5)9-7-6-8-10-17/h14-15,18H,6-13H2,1-5H3. The first-order chi connectivity index (χ1) is 8.80. The molecular formula is C17H34N2. The molecule has 2 fully saturated rings. The van der Waals surface area contributed by atoms with Crippen LogP contribution < -0.4 is 5.32 Å². The molecule has 0 amide bonds. The lowest BCUT2D eigenvalue weighted by atomic mass is 9.74. The third kappa shape index (κ3) is 3.95. The second-order valence-corrected chi connectivity index (χ2v) is 8.48. The van der Waals surface area contributed by atoms with Crippen molar-refractivity contribution in [1.29, 1.82) is 0 Å². The van der Waals surface area contributed by atoms with Crippen LogP contribution in [-0.2, 0) is 0 Å². The lowest BCUT2D eigenvalue weighted by Gasteiger charge is -2.47. The molecule has 19 heavy (non-hydrogen) atoms. The summed E-state index contributed by atoms with van der Waals surface area (Å²) < 4.78 is 0. The molecule has 2 heteroatoms. The van der Waals surface area contributed by atoms with Gasteiger partial charge in [-0.15, -0.1) is 0 Å². The van der Waals surface area contributed by atoms with Gasteiger partial charge >= 0.3 is 0 Å². The Morgan fingerprint density at radius 3 is 2.37 bits per heavy atom. The maximum Gasteiger partial charge on any atom is 0.0244 e. The molecule has 1 aliphatic heterocycles. The van der Waals surface area contributed by atoms with Gasteiger partial charge in [-0.05, 0) is 30.6 Å². The maximum absolute atomic E-state index is 3.75. The van der Waals surface area contributed by atoms with E-state index in [4.69, 9.17) is 0 Å². The first kappa shape index (κ1) is 15.3. The van der Waals surface area contributed by atoms with Crippen molar-refractivity contribution in [3.8, 4) is 0 Å². The molecule has 2 unspecified atom stereocenters. The summed E-state index contributed by atoms with van der Waals surface area (Å²) in [6.45, 7) is 15.7. The number of nitrogens with one attached hydrogen (secondary N) is 1. The van der Waals surface area contributed by atoms with Gasteiger partial charge in [0.2, 0.25) is 0 Å². The minimum absolute atomic E-state index is 0.367. The monoisotopic (exact) mass is 266 g/mol. The smallest absolute Gasteiger partial charge is 0.0244 e. The highest BCUT2D eigenvalue weighted by Crippen LogP contribution is 2.37. The molecule has 1 saturated heterocycles. The minimum atomic E-state index is 0.367. The van der Waals surface area contributed by atoms with Gasteiger partial charge < -0.3 is 5.32 Å². The van der Waals surface area contributed by atoms with Gasteiger partial charge in [0.25, 0.3) is 0 Å². The van der Waals surface area contributed by atoms with Crippen LogP contribution in [0, 0.1) is 10.8 Å². The Hall–Kier alpha value is -0.0800. The molecule has 0 aromatic carbocycles. The molecule has 2 aliphatic rings. The summed E-state index contributed by atoms with van der Waals surface area (Å²) in [5.41, 5.74) is 0.943. The van der Waals surface area contributed by atoms with Gasteiger partial charge in [0.05, 0.1) is 0 Å². The topological polar surface area (TPSA) is 15.3 Å². The van der Waals surface area contributed by atoms with E-state index in [1.807, 2.05) is 0 Å². The van der Waals surface area contributed by atoms with E-state index in [2.05, 4.69) is 44.8 Å². The SMILES string of the molecule is CC1CNC(C(C)(C)C)CN1CC1(C)CCCCC1. The summed E-state index contributed by atoms with van der Waals surface area (Å²) in [6, 6.07) is 1.33. The van der Waals surface area contributed by atoms with Gasteiger partial charge in [0.15, 0.2) is 0 Å². The van der Waals surface area contributed by atoms with Gasteiger partial charge in [-0.3, -0.25) is 4.90 Å². The van der Waals surface area contributed by atoms with E-state index in [1.54, 1.807) is 0 Å². The van der Waals surface area contributed by atoms with Crippen LogP contribution in [0.4, 0.5) is 0 Å². The summed E-state index contributed by atoms with van der Waals surface area (Å²) >= 11 is 0. The second kappa shape index (κ2) is 5.73. The van der Waals surface area contributed by atoms with Crippen LogP contribution in [-0.4, -0.2) is 36.6 Å². The molecule has 0 spiro atoms. The zero-order valence-corrected chi connectivity index (χ0v) is 13.8. The van der Waals surface area contributed by atoms with Gasteiger partial charge in [0.1, 0.15) is 0 Å². The van der Waals surface area contributed by atoms with Crippen molar-refractivity contribution >= 4 is 0 Å². The van der Waals surface area contributed by atoms with Crippen molar-refractivity contribution < 1.29 is 0 Å². The van der Waals surface area contributed by atoms with Gasteiger partial charge in [-0.25, -0.2) is 0 Å². The summed E-state index contributed by atoms with van der Waals surface area (Å²) in [5, 5.41) is 3.75. The van der Waals surface area contributed by atoms with Crippen molar-refractivity contribution in [3.05, 3.63) is 0 Å². The van der Waals surface area contributed by atoms with Gasteiger partial charge in [-0.2, -0.15) is 0 Å². The Bertz CT molecular complexity index is 286. The Morgan fingerprint density at radius 2 is 1.79 bits per heavy atom. The van der Waals surface area contributed by atoms with Crippen molar-refractivity contribution in [2.75, 3.05) is 19.6 Å². The summed E-state index contributed by atoms with van der Waals surface area (Å²) in [7, 11) is 0. The number of piperazine rings is 1. The quantitative estimate of drug-likeness (QED) is 0.820.